The number of nitrogens with two attached hydrogens (primary N) is 1. The molecule has 0 aliphatic carbocycles. The number of nitrogens with zero attached hydrogens (tertiary/aromatic N) is 4. The van der Waals surface area contributed by atoms with Crippen molar-refractivity contribution in [2.75, 3.05) is 0 Å². The van der Waals surface area contributed by atoms with E-state index >= 15 is 0 Å². The summed E-state index contributed by atoms with van der Waals surface area (Å²) in [4.78, 5) is 2.58. The number of hydrogen-bond acceptors (Lipinski definition) is 4. The lowest BCUT2D eigenvalue weighted by Crippen LogP contribution is -2.47. The summed E-state index contributed by atoms with van der Waals surface area (Å²) in [6.07, 6.45) is 6.67. The summed E-state index contributed by atoms with van der Waals surface area (Å²) in [6, 6.07) is 1.75. The van der Waals surface area contributed by atoms with E-state index in [4.69, 9.17) is 5.73 Å². The zero-order chi connectivity index (χ0) is 11.1. The van der Waals surface area contributed by atoms with Gasteiger partial charge in [-0.15, -0.1) is 10.2 Å². The number of fused-ring (bicyclic) bond motifs is 2. The Labute approximate surface area is 95.6 Å². The number of aryl methyl sites for hydroxylation is 1. The van der Waals surface area contributed by atoms with Crippen LogP contribution in [0.15, 0.2) is 6.33 Å². The third kappa shape index (κ3) is 1.64. The molecule has 88 valence electrons. The molecule has 0 radical (unpaired) electrons. The van der Waals surface area contributed by atoms with Crippen molar-refractivity contribution in [3.05, 3.63) is 12.2 Å². The van der Waals surface area contributed by atoms with Crippen LogP contribution in [-0.2, 0) is 13.6 Å². The summed E-state index contributed by atoms with van der Waals surface area (Å²) in [7, 11) is 2.01. The first-order valence-corrected chi connectivity index (χ1v) is 6.08. The van der Waals surface area contributed by atoms with Crippen LogP contribution in [0.5, 0.6) is 0 Å². The summed E-state index contributed by atoms with van der Waals surface area (Å²) in [5.74, 6) is 1.06. The fraction of sp³-hybridized carbons (Fsp3) is 0.818. The summed E-state index contributed by atoms with van der Waals surface area (Å²) in [6.45, 7) is 0.929. The predicted molar refractivity (Wildman–Crippen MR) is 60.6 cm³/mol. The highest BCUT2D eigenvalue weighted by molar-refractivity contribution is 4.99. The Morgan fingerprint density at radius 2 is 2.06 bits per heavy atom. The molecule has 0 amide bonds. The summed E-state index contributed by atoms with van der Waals surface area (Å²) in [5, 5.41) is 8.10. The summed E-state index contributed by atoms with van der Waals surface area (Å²) in [5.41, 5.74) is 6.06. The van der Waals surface area contributed by atoms with Gasteiger partial charge in [0.25, 0.3) is 0 Å². The Hall–Kier alpha value is -0.940. The van der Waals surface area contributed by atoms with E-state index in [1.807, 2.05) is 11.6 Å². The van der Waals surface area contributed by atoms with E-state index in [0.29, 0.717) is 18.1 Å². The Morgan fingerprint density at radius 3 is 2.62 bits per heavy atom. The molecule has 2 unspecified atom stereocenters. The lowest BCUT2D eigenvalue weighted by Gasteiger charge is -2.37. The number of aromatic nitrogens is 3. The first-order valence-electron chi connectivity index (χ1n) is 6.08. The molecule has 2 aliphatic rings. The van der Waals surface area contributed by atoms with Crippen molar-refractivity contribution in [1.29, 1.82) is 0 Å². The van der Waals surface area contributed by atoms with Crippen LogP contribution in [0.25, 0.3) is 0 Å². The molecule has 2 atom stereocenters. The quantitative estimate of drug-likeness (QED) is 0.778. The number of piperidine rings is 1. The van der Waals surface area contributed by atoms with Gasteiger partial charge in [-0.05, 0) is 25.7 Å². The zero-order valence-corrected chi connectivity index (χ0v) is 9.71. The van der Waals surface area contributed by atoms with Crippen LogP contribution < -0.4 is 5.73 Å². The van der Waals surface area contributed by atoms with Crippen LogP contribution in [0, 0.1) is 0 Å². The third-order valence-corrected chi connectivity index (χ3v) is 4.05. The normalized spacial score (nSPS) is 34.5. The van der Waals surface area contributed by atoms with Gasteiger partial charge in [0.05, 0.1) is 6.54 Å². The SMILES string of the molecule is Cn1cnnc1CN1C2CCC1CC(N)C2. The Balaban J connectivity index is 1.75. The second-order valence-corrected chi connectivity index (χ2v) is 5.15. The fourth-order valence-electron chi connectivity index (χ4n) is 3.19. The van der Waals surface area contributed by atoms with Crippen LogP contribution in [0.4, 0.5) is 0 Å². The molecule has 1 aromatic rings. The zero-order valence-electron chi connectivity index (χ0n) is 9.71. The highest BCUT2D eigenvalue weighted by atomic mass is 15.3. The van der Waals surface area contributed by atoms with Gasteiger partial charge >= 0.3 is 0 Å². The van der Waals surface area contributed by atoms with Crippen LogP contribution >= 0.6 is 0 Å². The fourth-order valence-corrected chi connectivity index (χ4v) is 3.19. The van der Waals surface area contributed by atoms with Crippen LogP contribution in [0.2, 0.25) is 0 Å². The average Bonchev–Trinajstić information content (AvgIpc) is 2.73. The van der Waals surface area contributed by atoms with Gasteiger partial charge in [-0.2, -0.15) is 0 Å². The Bertz CT molecular complexity index is 360. The van der Waals surface area contributed by atoms with Crippen LogP contribution in [-0.4, -0.2) is 37.8 Å². The molecular weight excluding hydrogens is 202 g/mol. The molecule has 3 rings (SSSR count). The van der Waals surface area contributed by atoms with Crippen molar-refractivity contribution in [2.24, 2.45) is 12.8 Å². The van der Waals surface area contributed by atoms with Crippen molar-refractivity contribution in [1.82, 2.24) is 19.7 Å². The smallest absolute Gasteiger partial charge is 0.146 e. The second-order valence-electron chi connectivity index (χ2n) is 5.15. The van der Waals surface area contributed by atoms with E-state index in [2.05, 4.69) is 15.1 Å². The minimum absolute atomic E-state index is 0.410. The Morgan fingerprint density at radius 1 is 1.38 bits per heavy atom. The summed E-state index contributed by atoms with van der Waals surface area (Å²) >= 11 is 0. The lowest BCUT2D eigenvalue weighted by molar-refractivity contribution is 0.115. The maximum Gasteiger partial charge on any atom is 0.146 e. The van der Waals surface area contributed by atoms with Crippen LogP contribution in [0.1, 0.15) is 31.5 Å². The molecule has 1 aromatic heterocycles. The van der Waals surface area contributed by atoms with E-state index in [1.54, 1.807) is 6.33 Å². The minimum atomic E-state index is 0.410. The molecular formula is C11H19N5. The lowest BCUT2D eigenvalue weighted by atomic mass is 9.98. The molecule has 16 heavy (non-hydrogen) atoms. The van der Waals surface area contributed by atoms with Gasteiger partial charge in [-0.3, -0.25) is 4.90 Å². The third-order valence-electron chi connectivity index (χ3n) is 4.05. The molecule has 2 N–H and O–H groups in total. The van der Waals surface area contributed by atoms with E-state index in [0.717, 1.165) is 25.2 Å². The minimum Gasteiger partial charge on any atom is -0.328 e. The van der Waals surface area contributed by atoms with Crippen molar-refractivity contribution in [2.45, 2.75) is 50.4 Å². The van der Waals surface area contributed by atoms with E-state index < -0.39 is 0 Å². The molecule has 2 aliphatic heterocycles. The van der Waals surface area contributed by atoms with Gasteiger partial charge in [-0.25, -0.2) is 0 Å². The molecule has 5 heteroatoms. The number of rotatable bonds is 2. The highest BCUT2D eigenvalue weighted by Gasteiger charge is 2.39. The first-order chi connectivity index (χ1) is 7.74. The molecule has 3 heterocycles. The number of hydrogen-bond donors (Lipinski definition) is 1. The van der Waals surface area contributed by atoms with Gasteiger partial charge in [0.2, 0.25) is 0 Å². The maximum atomic E-state index is 6.06. The van der Waals surface area contributed by atoms with Crippen molar-refractivity contribution >= 4 is 0 Å². The van der Waals surface area contributed by atoms with Crippen molar-refractivity contribution in [3.63, 3.8) is 0 Å². The first kappa shape index (κ1) is 10.2. The molecule has 0 saturated carbocycles. The van der Waals surface area contributed by atoms with E-state index in [1.165, 1.54) is 12.8 Å². The van der Waals surface area contributed by atoms with Gasteiger partial charge in [0.15, 0.2) is 0 Å². The van der Waals surface area contributed by atoms with Crippen molar-refractivity contribution < 1.29 is 0 Å². The highest BCUT2D eigenvalue weighted by Crippen LogP contribution is 2.35. The monoisotopic (exact) mass is 221 g/mol. The molecule has 2 fully saturated rings. The molecule has 0 aromatic carbocycles. The van der Waals surface area contributed by atoms with Crippen LogP contribution in [0.3, 0.4) is 0 Å². The Kier molecular flexibility index (Phi) is 2.44. The largest absolute Gasteiger partial charge is 0.328 e. The molecule has 2 saturated heterocycles. The van der Waals surface area contributed by atoms with Crippen molar-refractivity contribution in [3.8, 4) is 0 Å². The standard InChI is InChI=1S/C11H19N5/c1-15-7-13-14-11(15)6-16-9-2-3-10(16)5-8(12)4-9/h7-10H,2-6,12H2,1H3. The van der Waals surface area contributed by atoms with E-state index in [-0.39, 0.29) is 0 Å². The van der Waals surface area contributed by atoms with Gasteiger partial charge in [0.1, 0.15) is 12.2 Å². The maximum absolute atomic E-state index is 6.06. The average molecular weight is 221 g/mol. The van der Waals surface area contributed by atoms with Gasteiger partial charge < -0.3 is 10.3 Å². The molecule has 2 bridgehead atoms. The van der Waals surface area contributed by atoms with E-state index in [9.17, 15) is 0 Å². The second kappa shape index (κ2) is 3.82. The molecule has 5 nitrogen and oxygen atoms in total. The topological polar surface area (TPSA) is 60.0 Å². The summed E-state index contributed by atoms with van der Waals surface area (Å²) < 4.78 is 2.01. The van der Waals surface area contributed by atoms with Gasteiger partial charge in [0, 0.05) is 25.2 Å². The molecule has 0 spiro atoms. The predicted octanol–water partition coefficient (Wildman–Crippen LogP) is 0.269. The van der Waals surface area contributed by atoms with Gasteiger partial charge in [-0.1, -0.05) is 0 Å².